The summed E-state index contributed by atoms with van der Waals surface area (Å²) < 4.78 is 32.9. The molecule has 0 atom stereocenters. The van der Waals surface area contributed by atoms with E-state index in [1.165, 1.54) is 23.4 Å². The third kappa shape index (κ3) is 7.92. The zero-order valence-corrected chi connectivity index (χ0v) is 26.2. The van der Waals surface area contributed by atoms with E-state index in [9.17, 15) is 0 Å². The Morgan fingerprint density at radius 3 is 2.52 bits per heavy atom. The highest BCUT2D eigenvalue weighted by Gasteiger charge is 2.16. The van der Waals surface area contributed by atoms with Crippen LogP contribution in [0.5, 0.6) is 23.0 Å². The summed E-state index contributed by atoms with van der Waals surface area (Å²) in [5.74, 6) is 1.05. The molecule has 2 heterocycles. The maximum Gasteiger partial charge on any atom is 0.191 e. The summed E-state index contributed by atoms with van der Waals surface area (Å²) in [5, 5.41) is 6.94. The first kappa shape index (κ1) is 31.4. The van der Waals surface area contributed by atoms with Crippen molar-refractivity contribution in [3.8, 4) is 23.0 Å². The lowest BCUT2D eigenvalue weighted by molar-refractivity contribution is 0.145. The molecule has 0 bridgehead atoms. The van der Waals surface area contributed by atoms with E-state index >= 15 is 4.39 Å². The molecule has 44 heavy (non-hydrogen) atoms. The van der Waals surface area contributed by atoms with Gasteiger partial charge in [-0.3, -0.25) is 4.98 Å². The van der Waals surface area contributed by atoms with Crippen molar-refractivity contribution in [2.45, 2.75) is 6.42 Å². The highest BCUT2D eigenvalue weighted by molar-refractivity contribution is 7.80. The molecule has 0 amide bonds. The summed E-state index contributed by atoms with van der Waals surface area (Å²) in [6, 6.07) is 16.7. The highest BCUT2D eigenvalue weighted by atomic mass is 35.5. The molecule has 1 aliphatic rings. The number of nitrogens with zero attached hydrogens (tertiary/aromatic N) is 5. The molecule has 4 aromatic rings. The van der Waals surface area contributed by atoms with E-state index in [0.717, 1.165) is 39.1 Å². The maximum absolute atomic E-state index is 15.2. The van der Waals surface area contributed by atoms with Crippen LogP contribution >= 0.6 is 23.8 Å². The number of pyridine rings is 1. The number of hydrogen-bond acceptors (Lipinski definition) is 8. The van der Waals surface area contributed by atoms with Crippen molar-refractivity contribution in [3.63, 3.8) is 0 Å². The SMILES string of the molecule is COc1cc2c(Oc3ccc(/C=N/N(C(N)=S)c4ccc(Cl)cc4)cc3F)ccnc2cc1OCCCN1CCN(C)CC1. The fourth-order valence-electron chi connectivity index (χ4n) is 4.79. The number of rotatable bonds is 11. The Labute approximate surface area is 266 Å². The standard InChI is InChI=1S/C32H34ClFN6O3S/c1-38-13-15-39(16-14-38)12-3-17-42-31-20-27-25(19-30(31)41-2)28(10-11-36-27)43-29-9-4-22(18-26(29)34)21-37-40(32(35)44)24-7-5-23(33)6-8-24/h4-11,18-21H,3,12-17H2,1-2H3,(H2,35,44)/b37-21+. The first-order valence-corrected chi connectivity index (χ1v) is 15.0. The van der Waals surface area contributed by atoms with Crippen molar-refractivity contribution < 1.29 is 18.6 Å². The molecule has 5 rings (SSSR count). The third-order valence-corrected chi connectivity index (χ3v) is 7.66. The van der Waals surface area contributed by atoms with Crippen LogP contribution < -0.4 is 25.0 Å². The smallest absolute Gasteiger partial charge is 0.191 e. The Morgan fingerprint density at radius 2 is 1.82 bits per heavy atom. The van der Waals surface area contributed by atoms with Gasteiger partial charge in [-0.15, -0.1) is 0 Å². The highest BCUT2D eigenvalue weighted by Crippen LogP contribution is 2.37. The van der Waals surface area contributed by atoms with Gasteiger partial charge in [-0.05, 0) is 85.8 Å². The van der Waals surface area contributed by atoms with Gasteiger partial charge in [-0.1, -0.05) is 11.6 Å². The number of anilines is 1. The van der Waals surface area contributed by atoms with Crippen LogP contribution in [0.2, 0.25) is 5.02 Å². The second-order valence-electron chi connectivity index (χ2n) is 10.3. The van der Waals surface area contributed by atoms with Gasteiger partial charge in [0, 0.05) is 55.4 Å². The first-order valence-electron chi connectivity index (χ1n) is 14.2. The Hall–Kier alpha value is -4.03. The lowest BCUT2D eigenvalue weighted by Gasteiger charge is -2.32. The van der Waals surface area contributed by atoms with Crippen LogP contribution in [0.25, 0.3) is 10.9 Å². The minimum absolute atomic E-state index is 0.0307. The molecule has 1 aliphatic heterocycles. The number of piperazine rings is 1. The fraction of sp³-hybridized carbons (Fsp3) is 0.281. The maximum atomic E-state index is 15.2. The summed E-state index contributed by atoms with van der Waals surface area (Å²) >= 11 is 11.1. The van der Waals surface area contributed by atoms with E-state index in [1.807, 2.05) is 6.07 Å². The molecule has 1 aromatic heterocycles. The molecule has 230 valence electrons. The van der Waals surface area contributed by atoms with Crippen LogP contribution in [0.15, 0.2) is 72.0 Å². The second-order valence-corrected chi connectivity index (χ2v) is 11.2. The Morgan fingerprint density at radius 1 is 1.05 bits per heavy atom. The summed E-state index contributed by atoms with van der Waals surface area (Å²) in [6.07, 6.45) is 3.97. The second kappa shape index (κ2) is 14.6. The number of hydrogen-bond donors (Lipinski definition) is 1. The summed E-state index contributed by atoms with van der Waals surface area (Å²) in [4.78, 5) is 9.27. The fourth-order valence-corrected chi connectivity index (χ4v) is 5.07. The molecule has 0 radical (unpaired) electrons. The first-order chi connectivity index (χ1) is 21.3. The molecule has 0 aliphatic carbocycles. The van der Waals surface area contributed by atoms with Gasteiger partial charge in [0.25, 0.3) is 0 Å². The van der Waals surface area contributed by atoms with E-state index in [-0.39, 0.29) is 10.9 Å². The van der Waals surface area contributed by atoms with Crippen molar-refractivity contribution in [1.82, 2.24) is 14.8 Å². The number of hydrazone groups is 1. The number of fused-ring (bicyclic) bond motifs is 1. The summed E-state index contributed by atoms with van der Waals surface area (Å²) in [6.45, 7) is 5.87. The van der Waals surface area contributed by atoms with Crippen molar-refractivity contribution in [1.29, 1.82) is 0 Å². The minimum Gasteiger partial charge on any atom is -0.493 e. The van der Waals surface area contributed by atoms with Crippen molar-refractivity contribution in [2.75, 3.05) is 58.5 Å². The normalized spacial score (nSPS) is 14.2. The van der Waals surface area contributed by atoms with Gasteiger partial charge in [0.15, 0.2) is 28.2 Å². The minimum atomic E-state index is -0.570. The van der Waals surface area contributed by atoms with E-state index in [1.54, 1.807) is 55.8 Å². The molecule has 1 fully saturated rings. The number of aromatic nitrogens is 1. The number of methoxy groups -OCH3 is 1. The number of ether oxygens (including phenoxy) is 3. The predicted octanol–water partition coefficient (Wildman–Crippen LogP) is 5.93. The van der Waals surface area contributed by atoms with Gasteiger partial charge >= 0.3 is 0 Å². The number of likely N-dealkylation sites (N-methyl/N-ethyl adjacent to an activating group) is 1. The average Bonchev–Trinajstić information content (AvgIpc) is 3.02. The zero-order valence-electron chi connectivity index (χ0n) is 24.6. The van der Waals surface area contributed by atoms with Crippen LogP contribution in [0.1, 0.15) is 12.0 Å². The Balaban J connectivity index is 1.27. The van der Waals surface area contributed by atoms with E-state index in [4.69, 9.17) is 43.8 Å². The van der Waals surface area contributed by atoms with Crippen molar-refractivity contribution in [3.05, 3.63) is 83.3 Å². The summed E-state index contributed by atoms with van der Waals surface area (Å²) in [7, 11) is 3.74. The van der Waals surface area contributed by atoms with Crippen molar-refractivity contribution >= 4 is 51.7 Å². The number of halogens is 2. The van der Waals surface area contributed by atoms with Crippen LogP contribution in [0, 0.1) is 5.82 Å². The van der Waals surface area contributed by atoms with Gasteiger partial charge in [0.1, 0.15) is 5.75 Å². The molecule has 0 spiro atoms. The summed E-state index contributed by atoms with van der Waals surface area (Å²) in [5.41, 5.74) is 7.59. The molecule has 1 saturated heterocycles. The van der Waals surface area contributed by atoms with Gasteiger partial charge < -0.3 is 29.7 Å². The van der Waals surface area contributed by atoms with Gasteiger partial charge in [0.05, 0.1) is 31.1 Å². The lowest BCUT2D eigenvalue weighted by atomic mass is 10.1. The van der Waals surface area contributed by atoms with Gasteiger partial charge in [0.2, 0.25) is 0 Å². The molecule has 0 unspecified atom stereocenters. The molecule has 12 heteroatoms. The van der Waals surface area contributed by atoms with Crippen LogP contribution in [0.3, 0.4) is 0 Å². The largest absolute Gasteiger partial charge is 0.493 e. The van der Waals surface area contributed by atoms with Crippen molar-refractivity contribution in [2.24, 2.45) is 10.8 Å². The van der Waals surface area contributed by atoms with Gasteiger partial charge in [-0.2, -0.15) is 5.10 Å². The number of benzene rings is 3. The quantitative estimate of drug-likeness (QED) is 0.0932. The van der Waals surface area contributed by atoms with Crippen LogP contribution in [0.4, 0.5) is 10.1 Å². The van der Waals surface area contributed by atoms with Crippen LogP contribution in [-0.2, 0) is 0 Å². The average molecular weight is 637 g/mol. The molecular formula is C32H34ClFN6O3S. The van der Waals surface area contributed by atoms with Crippen LogP contribution in [-0.4, -0.2) is 79.6 Å². The molecule has 0 saturated carbocycles. The Bertz CT molecular complexity index is 1630. The topological polar surface area (TPSA) is 88.7 Å². The zero-order chi connectivity index (χ0) is 31.1. The van der Waals surface area contributed by atoms with Gasteiger partial charge in [-0.25, -0.2) is 9.40 Å². The monoisotopic (exact) mass is 636 g/mol. The Kier molecular flexibility index (Phi) is 10.4. The van der Waals surface area contributed by atoms with E-state index in [2.05, 4.69) is 26.9 Å². The van der Waals surface area contributed by atoms with E-state index < -0.39 is 5.82 Å². The van der Waals surface area contributed by atoms with E-state index in [0.29, 0.717) is 51.0 Å². The number of thiocarbonyl (C=S) groups is 1. The third-order valence-electron chi connectivity index (χ3n) is 7.24. The molecule has 3 aromatic carbocycles. The predicted molar refractivity (Wildman–Crippen MR) is 177 cm³/mol. The molecular weight excluding hydrogens is 603 g/mol. The number of nitrogens with two attached hydrogens (primary N) is 1. The lowest BCUT2D eigenvalue weighted by Crippen LogP contribution is -2.44. The molecule has 9 nitrogen and oxygen atoms in total. The molecule has 2 N–H and O–H groups in total.